The molecule has 1 rings (SSSR count). The fraction of sp³-hybridized carbons (Fsp3) is 0.917. The Labute approximate surface area is 103 Å². The maximum atomic E-state index is 11.9. The Morgan fingerprint density at radius 3 is 2.41 bits per heavy atom. The zero-order valence-corrected chi connectivity index (χ0v) is 11.2. The highest BCUT2D eigenvalue weighted by atomic mass is 16.6. The Balaban J connectivity index is 2.55. The quantitative estimate of drug-likeness (QED) is 0.769. The number of nitrogens with one attached hydrogen (secondary N) is 1. The standard InChI is InChI=1S/C12H24N2O3/c1-11(2,3)17-10(16)14(5-6-15)9-12(4)7-13-8-12/h13,15H,5-9H2,1-4H3. The molecule has 0 bridgehead atoms. The minimum atomic E-state index is -0.496. The summed E-state index contributed by atoms with van der Waals surface area (Å²) in [6.45, 7) is 10.4. The molecule has 5 heteroatoms. The first-order chi connectivity index (χ1) is 7.76. The number of aliphatic hydroxyl groups excluding tert-OH is 1. The zero-order valence-electron chi connectivity index (χ0n) is 11.2. The Morgan fingerprint density at radius 2 is 2.06 bits per heavy atom. The number of amides is 1. The van der Waals surface area contributed by atoms with E-state index in [2.05, 4.69) is 12.2 Å². The van der Waals surface area contributed by atoms with Crippen molar-refractivity contribution in [2.75, 3.05) is 32.8 Å². The van der Waals surface area contributed by atoms with E-state index in [1.165, 1.54) is 0 Å². The lowest BCUT2D eigenvalue weighted by Gasteiger charge is -2.42. The van der Waals surface area contributed by atoms with Crippen LogP contribution in [0.1, 0.15) is 27.7 Å². The summed E-state index contributed by atoms with van der Waals surface area (Å²) in [5.41, 5.74) is -0.393. The van der Waals surface area contributed by atoms with Gasteiger partial charge in [0, 0.05) is 31.6 Å². The summed E-state index contributed by atoms with van der Waals surface area (Å²) in [5.74, 6) is 0. The van der Waals surface area contributed by atoms with E-state index < -0.39 is 5.60 Å². The van der Waals surface area contributed by atoms with Gasteiger partial charge in [-0.05, 0) is 20.8 Å². The Kier molecular flexibility index (Phi) is 4.38. The van der Waals surface area contributed by atoms with Crippen LogP contribution in [0, 0.1) is 5.41 Å². The molecule has 0 aromatic carbocycles. The monoisotopic (exact) mass is 244 g/mol. The van der Waals surface area contributed by atoms with Crippen molar-refractivity contribution in [1.29, 1.82) is 0 Å². The van der Waals surface area contributed by atoms with Gasteiger partial charge in [0.2, 0.25) is 0 Å². The lowest BCUT2D eigenvalue weighted by Crippen LogP contribution is -2.58. The molecule has 100 valence electrons. The van der Waals surface area contributed by atoms with Crippen LogP contribution >= 0.6 is 0 Å². The molecule has 2 N–H and O–H groups in total. The Morgan fingerprint density at radius 1 is 1.47 bits per heavy atom. The molecule has 1 fully saturated rings. The second-order valence-corrected chi connectivity index (χ2v) is 6.04. The molecule has 1 aliphatic rings. The molecule has 0 saturated carbocycles. The van der Waals surface area contributed by atoms with E-state index in [-0.39, 0.29) is 18.1 Å². The van der Waals surface area contributed by atoms with Crippen molar-refractivity contribution in [2.24, 2.45) is 5.41 Å². The van der Waals surface area contributed by atoms with Gasteiger partial charge in [-0.25, -0.2) is 4.79 Å². The average Bonchev–Trinajstić information content (AvgIpc) is 2.12. The minimum absolute atomic E-state index is 0.0389. The highest BCUT2D eigenvalue weighted by molar-refractivity contribution is 5.68. The summed E-state index contributed by atoms with van der Waals surface area (Å²) in [6, 6.07) is 0. The van der Waals surface area contributed by atoms with Crippen molar-refractivity contribution >= 4 is 6.09 Å². The number of hydrogen-bond donors (Lipinski definition) is 2. The first kappa shape index (κ1) is 14.3. The predicted molar refractivity (Wildman–Crippen MR) is 65.9 cm³/mol. The van der Waals surface area contributed by atoms with E-state index in [1.54, 1.807) is 4.90 Å². The van der Waals surface area contributed by atoms with Gasteiger partial charge in [-0.15, -0.1) is 0 Å². The van der Waals surface area contributed by atoms with Crippen molar-refractivity contribution in [3.8, 4) is 0 Å². The molecular formula is C12H24N2O3. The molecule has 1 heterocycles. The average molecular weight is 244 g/mol. The summed E-state index contributed by atoms with van der Waals surface area (Å²) >= 11 is 0. The van der Waals surface area contributed by atoms with E-state index in [0.29, 0.717) is 13.1 Å². The van der Waals surface area contributed by atoms with Crippen molar-refractivity contribution in [1.82, 2.24) is 10.2 Å². The van der Waals surface area contributed by atoms with Crippen LogP contribution < -0.4 is 5.32 Å². The lowest BCUT2D eigenvalue weighted by molar-refractivity contribution is 0.00785. The number of aliphatic hydroxyl groups is 1. The number of nitrogens with zero attached hydrogens (tertiary/aromatic N) is 1. The van der Waals surface area contributed by atoms with Crippen LogP contribution in [0.3, 0.4) is 0 Å². The second kappa shape index (κ2) is 5.23. The van der Waals surface area contributed by atoms with Crippen LogP contribution in [0.15, 0.2) is 0 Å². The molecule has 1 amide bonds. The van der Waals surface area contributed by atoms with E-state index >= 15 is 0 Å². The van der Waals surface area contributed by atoms with Gasteiger partial charge in [0.1, 0.15) is 5.60 Å². The van der Waals surface area contributed by atoms with Gasteiger partial charge in [0.05, 0.1) is 6.61 Å². The Hall–Kier alpha value is -0.810. The molecule has 0 atom stereocenters. The molecule has 1 aliphatic heterocycles. The van der Waals surface area contributed by atoms with Crippen molar-refractivity contribution in [3.05, 3.63) is 0 Å². The van der Waals surface area contributed by atoms with Gasteiger partial charge in [-0.1, -0.05) is 6.92 Å². The normalized spacial score (nSPS) is 18.4. The zero-order chi connectivity index (χ0) is 13.1. The highest BCUT2D eigenvalue weighted by Crippen LogP contribution is 2.23. The van der Waals surface area contributed by atoms with Gasteiger partial charge < -0.3 is 20.1 Å². The van der Waals surface area contributed by atoms with Crippen LogP contribution in [0.25, 0.3) is 0 Å². The largest absolute Gasteiger partial charge is 0.444 e. The summed E-state index contributed by atoms with van der Waals surface area (Å²) in [5, 5.41) is 12.2. The molecule has 0 spiro atoms. The third-order valence-electron chi connectivity index (χ3n) is 2.70. The number of rotatable bonds is 4. The number of hydrogen-bond acceptors (Lipinski definition) is 4. The van der Waals surface area contributed by atoms with E-state index in [4.69, 9.17) is 9.84 Å². The van der Waals surface area contributed by atoms with E-state index in [0.717, 1.165) is 13.1 Å². The third-order valence-corrected chi connectivity index (χ3v) is 2.70. The van der Waals surface area contributed by atoms with Gasteiger partial charge in [-0.3, -0.25) is 0 Å². The lowest BCUT2D eigenvalue weighted by atomic mass is 9.84. The van der Waals surface area contributed by atoms with Crippen LogP contribution in [-0.2, 0) is 4.74 Å². The minimum Gasteiger partial charge on any atom is -0.444 e. The first-order valence-corrected chi connectivity index (χ1v) is 6.05. The molecule has 0 unspecified atom stereocenters. The second-order valence-electron chi connectivity index (χ2n) is 6.04. The van der Waals surface area contributed by atoms with Gasteiger partial charge in [0.15, 0.2) is 0 Å². The maximum Gasteiger partial charge on any atom is 0.410 e. The van der Waals surface area contributed by atoms with Gasteiger partial charge in [0.25, 0.3) is 0 Å². The van der Waals surface area contributed by atoms with Crippen LogP contribution in [0.4, 0.5) is 4.79 Å². The molecule has 17 heavy (non-hydrogen) atoms. The fourth-order valence-electron chi connectivity index (χ4n) is 1.81. The third kappa shape index (κ3) is 4.52. The number of ether oxygens (including phenoxy) is 1. The summed E-state index contributed by atoms with van der Waals surface area (Å²) in [6.07, 6.45) is -0.348. The maximum absolute atomic E-state index is 11.9. The highest BCUT2D eigenvalue weighted by Gasteiger charge is 2.35. The molecule has 1 saturated heterocycles. The van der Waals surface area contributed by atoms with Crippen molar-refractivity contribution < 1.29 is 14.6 Å². The van der Waals surface area contributed by atoms with E-state index in [1.807, 2.05) is 20.8 Å². The number of carbonyl (C=O) groups excluding carboxylic acids is 1. The van der Waals surface area contributed by atoms with E-state index in [9.17, 15) is 4.79 Å². The summed E-state index contributed by atoms with van der Waals surface area (Å²) in [7, 11) is 0. The van der Waals surface area contributed by atoms with Crippen molar-refractivity contribution in [3.63, 3.8) is 0 Å². The molecule has 0 aliphatic carbocycles. The smallest absolute Gasteiger partial charge is 0.410 e. The van der Waals surface area contributed by atoms with Gasteiger partial charge in [-0.2, -0.15) is 0 Å². The topological polar surface area (TPSA) is 61.8 Å². The summed E-state index contributed by atoms with van der Waals surface area (Å²) in [4.78, 5) is 13.5. The molecule has 0 radical (unpaired) electrons. The number of carbonyl (C=O) groups is 1. The SMILES string of the molecule is CC1(CN(CCO)C(=O)OC(C)(C)C)CNC1. The molecule has 0 aromatic rings. The van der Waals surface area contributed by atoms with Gasteiger partial charge >= 0.3 is 6.09 Å². The van der Waals surface area contributed by atoms with Crippen LogP contribution in [-0.4, -0.2) is 54.5 Å². The van der Waals surface area contributed by atoms with Crippen LogP contribution in [0.5, 0.6) is 0 Å². The Bertz CT molecular complexity index is 269. The van der Waals surface area contributed by atoms with Crippen LogP contribution in [0.2, 0.25) is 0 Å². The fourth-order valence-corrected chi connectivity index (χ4v) is 1.81. The molecule has 5 nitrogen and oxygen atoms in total. The molecule has 0 aromatic heterocycles. The van der Waals surface area contributed by atoms with Crippen molar-refractivity contribution in [2.45, 2.75) is 33.3 Å². The first-order valence-electron chi connectivity index (χ1n) is 6.05. The molecular weight excluding hydrogens is 220 g/mol. The predicted octanol–water partition coefficient (Wildman–Crippen LogP) is 0.825. The summed E-state index contributed by atoms with van der Waals surface area (Å²) < 4.78 is 5.32.